The Balaban J connectivity index is 1.74. The molecule has 1 saturated carbocycles. The van der Waals surface area contributed by atoms with Crippen molar-refractivity contribution in [1.82, 2.24) is 0 Å². The van der Waals surface area contributed by atoms with Crippen LogP contribution < -0.4 is 0 Å². The van der Waals surface area contributed by atoms with Gasteiger partial charge in [0.25, 0.3) is 0 Å². The molecule has 0 radical (unpaired) electrons. The van der Waals surface area contributed by atoms with Crippen molar-refractivity contribution in [2.75, 3.05) is 0 Å². The van der Waals surface area contributed by atoms with E-state index < -0.39 is 20.2 Å². The molecule has 1 heterocycles. The monoisotopic (exact) mass is 356 g/mol. The summed E-state index contributed by atoms with van der Waals surface area (Å²) in [5.74, 6) is 0.589. The molecule has 1 aliphatic carbocycles. The van der Waals surface area contributed by atoms with E-state index in [-0.39, 0.29) is 5.97 Å². The Morgan fingerprint density at radius 1 is 1.17 bits per heavy atom. The van der Waals surface area contributed by atoms with Crippen molar-refractivity contribution in [3.63, 3.8) is 0 Å². The number of rotatable bonds is 2. The van der Waals surface area contributed by atoms with Crippen LogP contribution in [-0.4, -0.2) is 5.97 Å². The van der Waals surface area contributed by atoms with E-state index in [9.17, 15) is 4.79 Å². The summed E-state index contributed by atoms with van der Waals surface area (Å²) in [6, 6.07) is 7.84. The van der Waals surface area contributed by atoms with E-state index in [1.807, 2.05) is 18.2 Å². The molecule has 2 nitrogen and oxygen atoms in total. The molecule has 96 valence electrons. The number of hydrogen-bond donors (Lipinski definition) is 0. The number of carbonyl (C=O) groups excluding carboxylic acids is 1. The summed E-state index contributed by atoms with van der Waals surface area (Å²) in [5, 5.41) is 0. The molecular formula is C15H17IO2. The number of allylic oxidation sites excluding steroid dienone is 1. The third-order valence-electron chi connectivity index (χ3n) is 3.56. The quantitative estimate of drug-likeness (QED) is 0.727. The van der Waals surface area contributed by atoms with Crippen LogP contribution in [0.2, 0.25) is 0 Å². The second kappa shape index (κ2) is 5.43. The van der Waals surface area contributed by atoms with Gasteiger partial charge in [-0.25, -0.2) is 0 Å². The van der Waals surface area contributed by atoms with Crippen molar-refractivity contribution in [2.45, 2.75) is 32.1 Å². The summed E-state index contributed by atoms with van der Waals surface area (Å²) in [5.41, 5.74) is 0.788. The van der Waals surface area contributed by atoms with Gasteiger partial charge in [0.05, 0.1) is 0 Å². The zero-order chi connectivity index (χ0) is 12.4. The Kier molecular flexibility index (Phi) is 3.68. The minimum atomic E-state index is -1.83. The van der Waals surface area contributed by atoms with Crippen LogP contribution in [0.1, 0.15) is 42.5 Å². The predicted molar refractivity (Wildman–Crippen MR) is 80.3 cm³/mol. The van der Waals surface area contributed by atoms with Gasteiger partial charge in [-0.05, 0) is 0 Å². The van der Waals surface area contributed by atoms with Crippen LogP contribution in [-0.2, 0) is 3.07 Å². The molecule has 0 spiro atoms. The maximum atomic E-state index is 11.7. The Bertz CT molecular complexity index is 475. The molecule has 2 aliphatic rings. The molecule has 0 aromatic heterocycles. The first-order valence-electron chi connectivity index (χ1n) is 6.53. The average molecular weight is 356 g/mol. The standard InChI is InChI=1S/C15H17IO2/c17-15-13-8-4-5-9-14(13)16(18-15)11-10-12-6-2-1-3-7-12/h4-5,8-12H,1-3,6-7H2/b11-10+. The molecule has 0 saturated heterocycles. The van der Waals surface area contributed by atoms with E-state index in [0.29, 0.717) is 5.92 Å². The number of benzene rings is 1. The van der Waals surface area contributed by atoms with Crippen LogP contribution in [0.4, 0.5) is 0 Å². The predicted octanol–water partition coefficient (Wildman–Crippen LogP) is 4.54. The third-order valence-corrected chi connectivity index (χ3v) is 7.59. The molecule has 1 aromatic rings. The second-order valence-electron chi connectivity index (χ2n) is 4.84. The van der Waals surface area contributed by atoms with Crippen molar-refractivity contribution in [2.24, 2.45) is 5.92 Å². The van der Waals surface area contributed by atoms with Gasteiger partial charge in [-0.2, -0.15) is 0 Å². The van der Waals surface area contributed by atoms with E-state index >= 15 is 0 Å². The summed E-state index contributed by atoms with van der Waals surface area (Å²) in [6.45, 7) is 0. The summed E-state index contributed by atoms with van der Waals surface area (Å²) in [6.07, 6.45) is 9.00. The summed E-state index contributed by atoms with van der Waals surface area (Å²) < 4.78 is 8.95. The zero-order valence-electron chi connectivity index (χ0n) is 10.3. The number of hydrogen-bond acceptors (Lipinski definition) is 2. The molecule has 3 heteroatoms. The van der Waals surface area contributed by atoms with Gasteiger partial charge in [-0.15, -0.1) is 0 Å². The number of carbonyl (C=O) groups is 1. The first kappa shape index (κ1) is 12.2. The molecule has 0 amide bonds. The molecule has 1 aliphatic heterocycles. The molecule has 0 N–H and O–H groups in total. The van der Waals surface area contributed by atoms with E-state index in [4.69, 9.17) is 3.07 Å². The van der Waals surface area contributed by atoms with Crippen molar-refractivity contribution in [3.05, 3.63) is 43.6 Å². The first-order valence-corrected chi connectivity index (χ1v) is 9.74. The van der Waals surface area contributed by atoms with Crippen LogP contribution >= 0.6 is 20.2 Å². The van der Waals surface area contributed by atoms with Crippen LogP contribution in [0.15, 0.2) is 34.4 Å². The van der Waals surface area contributed by atoms with E-state index in [0.717, 1.165) is 5.56 Å². The van der Waals surface area contributed by atoms with Crippen LogP contribution in [0.5, 0.6) is 0 Å². The topological polar surface area (TPSA) is 26.3 Å². The normalized spacial score (nSPS) is 22.2. The third kappa shape index (κ3) is 2.46. The van der Waals surface area contributed by atoms with E-state index in [1.165, 1.54) is 35.7 Å². The van der Waals surface area contributed by atoms with Gasteiger partial charge in [0.15, 0.2) is 0 Å². The number of halogens is 1. The molecule has 0 bridgehead atoms. The summed E-state index contributed by atoms with van der Waals surface area (Å²) in [7, 11) is 0. The Hall–Kier alpha value is -0.840. The van der Waals surface area contributed by atoms with Gasteiger partial charge in [-0.3, -0.25) is 0 Å². The van der Waals surface area contributed by atoms with Crippen molar-refractivity contribution < 1.29 is 7.86 Å². The summed E-state index contributed by atoms with van der Waals surface area (Å²) >= 11 is -1.83. The van der Waals surface area contributed by atoms with Crippen molar-refractivity contribution in [3.8, 4) is 0 Å². The van der Waals surface area contributed by atoms with Crippen molar-refractivity contribution >= 4 is 26.2 Å². The molecule has 1 fully saturated rings. The summed E-state index contributed by atoms with van der Waals surface area (Å²) in [4.78, 5) is 11.7. The Morgan fingerprint density at radius 3 is 2.78 bits per heavy atom. The Labute approximate surface area is 115 Å². The Morgan fingerprint density at radius 2 is 1.94 bits per heavy atom. The molecule has 0 unspecified atom stereocenters. The fraction of sp³-hybridized carbons (Fsp3) is 0.400. The first-order chi connectivity index (χ1) is 8.84. The fourth-order valence-corrected chi connectivity index (χ4v) is 6.48. The van der Waals surface area contributed by atoms with E-state index in [1.54, 1.807) is 0 Å². The van der Waals surface area contributed by atoms with Gasteiger partial charge in [0.2, 0.25) is 0 Å². The van der Waals surface area contributed by atoms with Gasteiger partial charge >= 0.3 is 116 Å². The maximum absolute atomic E-state index is 11.7. The van der Waals surface area contributed by atoms with Crippen LogP contribution in [0, 0.1) is 9.49 Å². The number of fused-ring (bicyclic) bond motifs is 1. The van der Waals surface area contributed by atoms with Crippen molar-refractivity contribution in [1.29, 1.82) is 0 Å². The van der Waals surface area contributed by atoms with Gasteiger partial charge in [-0.1, -0.05) is 0 Å². The molecule has 3 rings (SSSR count). The second-order valence-corrected chi connectivity index (χ2v) is 8.73. The van der Waals surface area contributed by atoms with Gasteiger partial charge < -0.3 is 0 Å². The SMILES string of the molecule is O=C1OI(/C=C/C2CCCCC2)c2ccccc21. The molecule has 18 heavy (non-hydrogen) atoms. The molecule has 0 atom stereocenters. The molecular weight excluding hydrogens is 339 g/mol. The fourth-order valence-electron chi connectivity index (χ4n) is 2.54. The van der Waals surface area contributed by atoms with Crippen LogP contribution in [0.25, 0.3) is 0 Å². The minimum absolute atomic E-state index is 0.121. The molecule has 1 aromatic carbocycles. The van der Waals surface area contributed by atoms with Gasteiger partial charge in [0.1, 0.15) is 0 Å². The van der Waals surface area contributed by atoms with Gasteiger partial charge in [0, 0.05) is 0 Å². The van der Waals surface area contributed by atoms with E-state index in [2.05, 4.69) is 16.2 Å². The van der Waals surface area contributed by atoms with Crippen LogP contribution in [0.3, 0.4) is 0 Å². The zero-order valence-corrected chi connectivity index (χ0v) is 12.4. The average Bonchev–Trinajstić information content (AvgIpc) is 2.75.